The van der Waals surface area contributed by atoms with Crippen molar-refractivity contribution in [3.63, 3.8) is 0 Å². The van der Waals surface area contributed by atoms with Gasteiger partial charge in [-0.25, -0.2) is 4.79 Å². The van der Waals surface area contributed by atoms with Crippen molar-refractivity contribution in [3.05, 3.63) is 34.9 Å². The lowest BCUT2D eigenvalue weighted by Crippen LogP contribution is -2.51. The highest BCUT2D eigenvalue weighted by Crippen LogP contribution is 2.24. The summed E-state index contributed by atoms with van der Waals surface area (Å²) in [4.78, 5) is 37.9. The van der Waals surface area contributed by atoms with Crippen LogP contribution in [0.1, 0.15) is 36.5 Å². The molecule has 1 aliphatic rings. The molecule has 1 aliphatic heterocycles. The van der Waals surface area contributed by atoms with Crippen LogP contribution in [0.2, 0.25) is 5.02 Å². The minimum atomic E-state index is -1.05. The molecular weight excluding hydrogens is 364 g/mol. The summed E-state index contributed by atoms with van der Waals surface area (Å²) in [6.45, 7) is 1.96. The Labute approximate surface area is 155 Å². The van der Waals surface area contributed by atoms with Gasteiger partial charge in [-0.05, 0) is 30.7 Å². The molecular formula is C17H21ClN2O4S. The van der Waals surface area contributed by atoms with Gasteiger partial charge in [-0.2, -0.15) is 0 Å². The largest absolute Gasteiger partial charge is 0.480 e. The molecule has 2 unspecified atom stereocenters. The Kier molecular flexibility index (Phi) is 7.13. The molecule has 1 fully saturated rings. The summed E-state index contributed by atoms with van der Waals surface area (Å²) in [6, 6.07) is 4.88. The number of carbonyl (C=O) groups excluding carboxylic acids is 2. The molecule has 1 heterocycles. The van der Waals surface area contributed by atoms with Crippen LogP contribution in [-0.2, 0) is 9.59 Å². The van der Waals surface area contributed by atoms with Crippen molar-refractivity contribution in [2.45, 2.75) is 38.3 Å². The third-order valence-electron chi connectivity index (χ3n) is 4.00. The standard InChI is InChI=1S/C17H21ClN2O4S/c1-2-3-4-13(17(23)24)19-15(21)14-9-25-10-20(14)16(22)11-5-7-12(18)8-6-11/h5-8,13-14H,2-4,9-10H2,1H3,(H,19,21)(H,23,24). The minimum absolute atomic E-state index is 0.262. The van der Waals surface area contributed by atoms with Crippen LogP contribution in [0.25, 0.3) is 0 Å². The van der Waals surface area contributed by atoms with Gasteiger partial charge in [0, 0.05) is 16.3 Å². The van der Waals surface area contributed by atoms with Crippen LogP contribution in [0.3, 0.4) is 0 Å². The number of carboxylic acids is 1. The Bertz CT molecular complexity index is 638. The maximum Gasteiger partial charge on any atom is 0.326 e. The summed E-state index contributed by atoms with van der Waals surface area (Å²) in [7, 11) is 0. The maximum atomic E-state index is 12.6. The van der Waals surface area contributed by atoms with Gasteiger partial charge in [0.2, 0.25) is 5.91 Å². The second-order valence-corrected chi connectivity index (χ2v) is 7.28. The first kappa shape index (κ1) is 19.6. The number of hydrogen-bond donors (Lipinski definition) is 2. The van der Waals surface area contributed by atoms with E-state index >= 15 is 0 Å². The Morgan fingerprint density at radius 1 is 1.36 bits per heavy atom. The molecule has 136 valence electrons. The van der Waals surface area contributed by atoms with Crippen LogP contribution < -0.4 is 5.32 Å². The Balaban J connectivity index is 2.06. The zero-order chi connectivity index (χ0) is 18.4. The van der Waals surface area contributed by atoms with Crippen LogP contribution in [-0.4, -0.2) is 51.5 Å². The zero-order valence-corrected chi connectivity index (χ0v) is 15.5. The number of unbranched alkanes of at least 4 members (excludes halogenated alkanes) is 1. The number of rotatable bonds is 7. The first-order valence-corrected chi connectivity index (χ1v) is 9.64. The number of halogens is 1. The zero-order valence-electron chi connectivity index (χ0n) is 13.9. The predicted octanol–water partition coefficient (Wildman–Crippen LogP) is 2.61. The van der Waals surface area contributed by atoms with E-state index < -0.39 is 24.0 Å². The lowest BCUT2D eigenvalue weighted by molar-refractivity contribution is -0.142. The highest BCUT2D eigenvalue weighted by atomic mass is 35.5. The van der Waals surface area contributed by atoms with Crippen molar-refractivity contribution in [2.75, 3.05) is 11.6 Å². The smallest absolute Gasteiger partial charge is 0.326 e. The molecule has 0 spiro atoms. The predicted molar refractivity (Wildman–Crippen MR) is 97.8 cm³/mol. The molecule has 8 heteroatoms. The topological polar surface area (TPSA) is 86.7 Å². The Morgan fingerprint density at radius 2 is 2.04 bits per heavy atom. The van der Waals surface area contributed by atoms with Crippen molar-refractivity contribution >= 4 is 41.1 Å². The van der Waals surface area contributed by atoms with Gasteiger partial charge in [-0.15, -0.1) is 11.8 Å². The van der Waals surface area contributed by atoms with Crippen molar-refractivity contribution in [1.29, 1.82) is 0 Å². The molecule has 1 aromatic rings. The van der Waals surface area contributed by atoms with Crippen molar-refractivity contribution in [1.82, 2.24) is 10.2 Å². The van der Waals surface area contributed by atoms with E-state index in [1.807, 2.05) is 6.92 Å². The fraction of sp³-hybridized carbons (Fsp3) is 0.471. The third kappa shape index (κ3) is 5.12. The van der Waals surface area contributed by atoms with E-state index in [0.29, 0.717) is 35.1 Å². The second kappa shape index (κ2) is 9.10. The number of aliphatic carboxylic acids is 1. The van der Waals surface area contributed by atoms with E-state index in [0.717, 1.165) is 6.42 Å². The molecule has 2 atom stereocenters. The van der Waals surface area contributed by atoms with Crippen LogP contribution in [0, 0.1) is 0 Å². The number of hydrogen-bond acceptors (Lipinski definition) is 4. The number of benzene rings is 1. The average Bonchev–Trinajstić information content (AvgIpc) is 3.08. The van der Waals surface area contributed by atoms with Crippen molar-refractivity contribution < 1.29 is 19.5 Å². The van der Waals surface area contributed by atoms with Crippen LogP contribution in [0.15, 0.2) is 24.3 Å². The third-order valence-corrected chi connectivity index (χ3v) is 5.26. The molecule has 0 bridgehead atoms. The lowest BCUT2D eigenvalue weighted by Gasteiger charge is -2.25. The molecule has 2 rings (SSSR count). The molecule has 0 aliphatic carbocycles. The normalized spacial score (nSPS) is 18.0. The number of carbonyl (C=O) groups is 3. The van der Waals surface area contributed by atoms with Gasteiger partial charge >= 0.3 is 5.97 Å². The van der Waals surface area contributed by atoms with Crippen molar-refractivity contribution in [2.24, 2.45) is 0 Å². The SMILES string of the molecule is CCCCC(NC(=O)C1CSCN1C(=O)c1ccc(Cl)cc1)C(=O)O. The van der Waals surface area contributed by atoms with E-state index in [2.05, 4.69) is 5.32 Å². The summed E-state index contributed by atoms with van der Waals surface area (Å²) in [5.41, 5.74) is 0.450. The summed E-state index contributed by atoms with van der Waals surface area (Å²) >= 11 is 7.30. The van der Waals surface area contributed by atoms with Gasteiger partial charge in [-0.3, -0.25) is 9.59 Å². The minimum Gasteiger partial charge on any atom is -0.480 e. The van der Waals surface area contributed by atoms with E-state index in [1.54, 1.807) is 24.3 Å². The molecule has 0 radical (unpaired) electrons. The van der Waals surface area contributed by atoms with Crippen LogP contribution >= 0.6 is 23.4 Å². The first-order valence-electron chi connectivity index (χ1n) is 8.11. The Hall–Kier alpha value is -1.73. The average molecular weight is 385 g/mol. The number of nitrogens with zero attached hydrogens (tertiary/aromatic N) is 1. The van der Waals surface area contributed by atoms with E-state index in [4.69, 9.17) is 11.6 Å². The number of amides is 2. The molecule has 1 aromatic carbocycles. The van der Waals surface area contributed by atoms with E-state index in [9.17, 15) is 19.5 Å². The molecule has 1 saturated heterocycles. The molecule has 0 saturated carbocycles. The highest BCUT2D eigenvalue weighted by molar-refractivity contribution is 7.99. The van der Waals surface area contributed by atoms with E-state index in [1.165, 1.54) is 16.7 Å². The van der Waals surface area contributed by atoms with Gasteiger partial charge in [-0.1, -0.05) is 31.4 Å². The van der Waals surface area contributed by atoms with Crippen molar-refractivity contribution in [3.8, 4) is 0 Å². The highest BCUT2D eigenvalue weighted by Gasteiger charge is 2.36. The number of thioether (sulfide) groups is 1. The summed E-state index contributed by atoms with van der Waals surface area (Å²) in [6.07, 6.45) is 1.94. The summed E-state index contributed by atoms with van der Waals surface area (Å²) in [5.74, 6) is -0.890. The number of carboxylic acid groups (broad SMARTS) is 1. The Morgan fingerprint density at radius 3 is 2.64 bits per heavy atom. The van der Waals surface area contributed by atoms with Crippen LogP contribution in [0.4, 0.5) is 0 Å². The fourth-order valence-electron chi connectivity index (χ4n) is 2.55. The van der Waals surface area contributed by atoms with Gasteiger partial charge < -0.3 is 15.3 Å². The summed E-state index contributed by atoms with van der Waals surface area (Å²) in [5, 5.41) is 12.4. The first-order chi connectivity index (χ1) is 11.9. The summed E-state index contributed by atoms with van der Waals surface area (Å²) < 4.78 is 0. The van der Waals surface area contributed by atoms with Gasteiger partial charge in [0.05, 0.1) is 5.88 Å². The van der Waals surface area contributed by atoms with E-state index in [-0.39, 0.29) is 5.91 Å². The van der Waals surface area contributed by atoms with Crippen LogP contribution in [0.5, 0.6) is 0 Å². The number of nitrogens with one attached hydrogen (secondary N) is 1. The lowest BCUT2D eigenvalue weighted by atomic mass is 10.1. The monoisotopic (exact) mass is 384 g/mol. The van der Waals surface area contributed by atoms with Gasteiger partial charge in [0.25, 0.3) is 5.91 Å². The molecule has 0 aromatic heterocycles. The molecule has 6 nitrogen and oxygen atoms in total. The molecule has 2 amide bonds. The van der Waals surface area contributed by atoms with Gasteiger partial charge in [0.15, 0.2) is 0 Å². The quantitative estimate of drug-likeness (QED) is 0.754. The second-order valence-electron chi connectivity index (χ2n) is 5.84. The molecule has 2 N–H and O–H groups in total. The van der Waals surface area contributed by atoms with Gasteiger partial charge in [0.1, 0.15) is 12.1 Å². The fourth-order valence-corrected chi connectivity index (χ4v) is 3.83. The molecule has 25 heavy (non-hydrogen) atoms. The maximum absolute atomic E-state index is 12.6.